The number of carbonyl (C=O) groups is 2. The summed E-state index contributed by atoms with van der Waals surface area (Å²) < 4.78 is 4.66. The number of rotatable bonds is 7. The van der Waals surface area contributed by atoms with Crippen LogP contribution >= 0.6 is 0 Å². The van der Waals surface area contributed by atoms with E-state index < -0.39 is 0 Å². The van der Waals surface area contributed by atoms with Crippen molar-refractivity contribution in [3.05, 3.63) is 35.4 Å². The number of hydrogen-bond donors (Lipinski definition) is 1. The summed E-state index contributed by atoms with van der Waals surface area (Å²) in [4.78, 5) is 24.9. The van der Waals surface area contributed by atoms with Gasteiger partial charge in [0.1, 0.15) is 0 Å². The normalized spacial score (nSPS) is 10.4. The van der Waals surface area contributed by atoms with Crippen molar-refractivity contribution >= 4 is 11.9 Å². The van der Waals surface area contributed by atoms with E-state index in [9.17, 15) is 9.59 Å². The quantitative estimate of drug-likeness (QED) is 0.767. The monoisotopic (exact) mass is 278 g/mol. The van der Waals surface area contributed by atoms with Gasteiger partial charge in [0.25, 0.3) is 0 Å². The molecule has 1 rings (SSSR count). The van der Waals surface area contributed by atoms with Crippen LogP contribution in [-0.4, -0.2) is 43.5 Å². The SMILES string of the molecule is CCNC(=O)CN(CC)Cc1ccc(C(=O)OC)cc1. The molecule has 5 nitrogen and oxygen atoms in total. The molecule has 0 aliphatic rings. The van der Waals surface area contributed by atoms with Gasteiger partial charge in [-0.05, 0) is 31.2 Å². The Kier molecular flexibility index (Phi) is 6.73. The number of amides is 1. The van der Waals surface area contributed by atoms with Crippen molar-refractivity contribution in [1.82, 2.24) is 10.2 Å². The number of hydrogen-bond acceptors (Lipinski definition) is 4. The summed E-state index contributed by atoms with van der Waals surface area (Å²) in [6, 6.07) is 7.24. The molecule has 1 aromatic carbocycles. The van der Waals surface area contributed by atoms with E-state index in [0.29, 0.717) is 25.2 Å². The smallest absolute Gasteiger partial charge is 0.337 e. The van der Waals surface area contributed by atoms with E-state index in [1.165, 1.54) is 7.11 Å². The lowest BCUT2D eigenvalue weighted by molar-refractivity contribution is -0.122. The Labute approximate surface area is 119 Å². The predicted molar refractivity (Wildman–Crippen MR) is 77.4 cm³/mol. The van der Waals surface area contributed by atoms with Crippen molar-refractivity contribution in [3.8, 4) is 0 Å². The van der Waals surface area contributed by atoms with Crippen molar-refractivity contribution in [1.29, 1.82) is 0 Å². The number of benzene rings is 1. The van der Waals surface area contributed by atoms with Crippen LogP contribution < -0.4 is 5.32 Å². The fourth-order valence-electron chi connectivity index (χ4n) is 1.86. The zero-order valence-electron chi connectivity index (χ0n) is 12.3. The predicted octanol–water partition coefficient (Wildman–Crippen LogP) is 1.43. The molecule has 0 spiro atoms. The third-order valence-electron chi connectivity index (χ3n) is 2.97. The third kappa shape index (κ3) is 5.01. The number of esters is 1. The topological polar surface area (TPSA) is 58.6 Å². The van der Waals surface area contributed by atoms with E-state index in [-0.39, 0.29) is 11.9 Å². The highest BCUT2D eigenvalue weighted by Gasteiger charge is 2.10. The Balaban J connectivity index is 2.61. The van der Waals surface area contributed by atoms with Crippen molar-refractivity contribution in [3.63, 3.8) is 0 Å². The van der Waals surface area contributed by atoms with Crippen molar-refractivity contribution in [2.45, 2.75) is 20.4 Å². The lowest BCUT2D eigenvalue weighted by Crippen LogP contribution is -2.36. The van der Waals surface area contributed by atoms with Crippen LogP contribution in [0, 0.1) is 0 Å². The highest BCUT2D eigenvalue weighted by atomic mass is 16.5. The second-order valence-electron chi connectivity index (χ2n) is 4.45. The highest BCUT2D eigenvalue weighted by Crippen LogP contribution is 2.08. The van der Waals surface area contributed by atoms with Crippen molar-refractivity contribution in [2.75, 3.05) is 26.7 Å². The highest BCUT2D eigenvalue weighted by molar-refractivity contribution is 5.89. The standard InChI is InChI=1S/C15H22N2O3/c1-4-16-14(18)11-17(5-2)10-12-6-8-13(9-7-12)15(19)20-3/h6-9H,4-5,10-11H2,1-3H3,(H,16,18). The minimum Gasteiger partial charge on any atom is -0.465 e. The number of nitrogens with zero attached hydrogens (tertiary/aromatic N) is 1. The van der Waals surface area contributed by atoms with Gasteiger partial charge in [0.15, 0.2) is 0 Å². The molecule has 5 heteroatoms. The van der Waals surface area contributed by atoms with Gasteiger partial charge in [0, 0.05) is 13.1 Å². The molecule has 1 N–H and O–H groups in total. The van der Waals surface area contributed by atoms with Gasteiger partial charge in [-0.25, -0.2) is 4.79 Å². The summed E-state index contributed by atoms with van der Waals surface area (Å²) >= 11 is 0. The van der Waals surface area contributed by atoms with Crippen LogP contribution in [0.1, 0.15) is 29.8 Å². The molecule has 0 heterocycles. The van der Waals surface area contributed by atoms with Crippen molar-refractivity contribution < 1.29 is 14.3 Å². The molecule has 1 amide bonds. The molecule has 0 unspecified atom stereocenters. The first-order chi connectivity index (χ1) is 9.60. The van der Waals surface area contributed by atoms with Gasteiger partial charge in [-0.1, -0.05) is 19.1 Å². The summed E-state index contributed by atoms with van der Waals surface area (Å²) in [6.45, 7) is 6.40. The first-order valence-corrected chi connectivity index (χ1v) is 6.77. The molecular weight excluding hydrogens is 256 g/mol. The fourth-order valence-corrected chi connectivity index (χ4v) is 1.86. The lowest BCUT2D eigenvalue weighted by atomic mass is 10.1. The molecule has 0 bridgehead atoms. The van der Waals surface area contributed by atoms with Gasteiger partial charge >= 0.3 is 5.97 Å². The second-order valence-corrected chi connectivity index (χ2v) is 4.45. The zero-order valence-corrected chi connectivity index (χ0v) is 12.3. The average Bonchev–Trinajstić information content (AvgIpc) is 2.46. The largest absolute Gasteiger partial charge is 0.465 e. The summed E-state index contributed by atoms with van der Waals surface area (Å²) in [7, 11) is 1.36. The van der Waals surface area contributed by atoms with E-state index in [1.54, 1.807) is 12.1 Å². The second kappa shape index (κ2) is 8.32. The van der Waals surface area contributed by atoms with Crippen LogP contribution in [0.2, 0.25) is 0 Å². The van der Waals surface area contributed by atoms with E-state index in [4.69, 9.17) is 0 Å². The van der Waals surface area contributed by atoms with Crippen LogP contribution in [0.25, 0.3) is 0 Å². The summed E-state index contributed by atoms with van der Waals surface area (Å²) in [6.07, 6.45) is 0. The maximum absolute atomic E-state index is 11.6. The number of ether oxygens (including phenoxy) is 1. The molecule has 0 aliphatic heterocycles. The fraction of sp³-hybridized carbons (Fsp3) is 0.467. The molecule has 1 aromatic rings. The molecule has 0 fully saturated rings. The first kappa shape index (κ1) is 16.2. The number of carbonyl (C=O) groups excluding carboxylic acids is 2. The van der Waals surface area contributed by atoms with Crippen LogP contribution in [0.3, 0.4) is 0 Å². The molecule has 0 saturated heterocycles. The Morgan fingerprint density at radius 1 is 1.20 bits per heavy atom. The minimum atomic E-state index is -0.341. The first-order valence-electron chi connectivity index (χ1n) is 6.77. The molecule has 0 aliphatic carbocycles. The van der Waals surface area contributed by atoms with E-state index in [2.05, 4.69) is 10.1 Å². The van der Waals surface area contributed by atoms with Crippen LogP contribution in [0.4, 0.5) is 0 Å². The number of likely N-dealkylation sites (N-methyl/N-ethyl adjacent to an activating group) is 2. The Bertz CT molecular complexity index is 443. The molecule has 110 valence electrons. The molecule has 0 radical (unpaired) electrons. The summed E-state index contributed by atoms with van der Waals surface area (Å²) in [5, 5.41) is 2.79. The zero-order chi connectivity index (χ0) is 15.0. The Morgan fingerprint density at radius 3 is 2.35 bits per heavy atom. The lowest BCUT2D eigenvalue weighted by Gasteiger charge is -2.19. The van der Waals surface area contributed by atoms with Gasteiger partial charge in [-0.15, -0.1) is 0 Å². The van der Waals surface area contributed by atoms with E-state index in [0.717, 1.165) is 12.1 Å². The molecular formula is C15H22N2O3. The van der Waals surface area contributed by atoms with Crippen LogP contribution in [0.5, 0.6) is 0 Å². The van der Waals surface area contributed by atoms with E-state index >= 15 is 0 Å². The molecule has 20 heavy (non-hydrogen) atoms. The Hall–Kier alpha value is -1.88. The average molecular weight is 278 g/mol. The molecule has 0 saturated carbocycles. The number of methoxy groups -OCH3 is 1. The van der Waals surface area contributed by atoms with Crippen LogP contribution in [-0.2, 0) is 16.1 Å². The van der Waals surface area contributed by atoms with Gasteiger partial charge < -0.3 is 10.1 Å². The molecule has 0 atom stereocenters. The maximum atomic E-state index is 11.6. The van der Waals surface area contributed by atoms with Crippen molar-refractivity contribution in [2.24, 2.45) is 0 Å². The number of nitrogens with one attached hydrogen (secondary N) is 1. The van der Waals surface area contributed by atoms with E-state index in [1.807, 2.05) is 30.9 Å². The summed E-state index contributed by atoms with van der Waals surface area (Å²) in [5.74, 6) is -0.313. The van der Waals surface area contributed by atoms with Gasteiger partial charge in [0.2, 0.25) is 5.91 Å². The van der Waals surface area contributed by atoms with Crippen LogP contribution in [0.15, 0.2) is 24.3 Å². The summed E-state index contributed by atoms with van der Waals surface area (Å²) in [5.41, 5.74) is 1.59. The Morgan fingerprint density at radius 2 is 1.85 bits per heavy atom. The minimum absolute atomic E-state index is 0.0283. The third-order valence-corrected chi connectivity index (χ3v) is 2.97. The molecule has 0 aromatic heterocycles. The van der Waals surface area contributed by atoms with Gasteiger partial charge in [-0.3, -0.25) is 9.69 Å². The maximum Gasteiger partial charge on any atom is 0.337 e. The van der Waals surface area contributed by atoms with Gasteiger partial charge in [-0.2, -0.15) is 0 Å². The van der Waals surface area contributed by atoms with Gasteiger partial charge in [0.05, 0.1) is 19.2 Å².